The maximum atomic E-state index is 12.3. The first-order chi connectivity index (χ1) is 11.5. The Balaban J connectivity index is 4.18. The minimum absolute atomic E-state index is 0.0242. The Labute approximate surface area is 152 Å². The molecular formula is C20H34N2OS. The van der Waals surface area contributed by atoms with Gasteiger partial charge in [0.15, 0.2) is 0 Å². The van der Waals surface area contributed by atoms with Gasteiger partial charge < -0.3 is 11.1 Å². The van der Waals surface area contributed by atoms with Crippen molar-refractivity contribution in [2.45, 2.75) is 51.9 Å². The first kappa shape index (κ1) is 22.6. The Morgan fingerprint density at radius 2 is 1.88 bits per heavy atom. The van der Waals surface area contributed by atoms with Gasteiger partial charge in [0.2, 0.25) is 5.91 Å². The summed E-state index contributed by atoms with van der Waals surface area (Å²) < 4.78 is 0. The van der Waals surface area contributed by atoms with Crippen LogP contribution < -0.4 is 11.1 Å². The average molecular weight is 351 g/mol. The number of hydrogen-bond acceptors (Lipinski definition) is 3. The van der Waals surface area contributed by atoms with Gasteiger partial charge in [-0.2, -0.15) is 11.8 Å². The molecule has 0 bridgehead atoms. The van der Waals surface area contributed by atoms with E-state index in [1.807, 2.05) is 30.8 Å². The molecule has 1 atom stereocenters. The lowest BCUT2D eigenvalue weighted by molar-refractivity contribution is -0.123. The van der Waals surface area contributed by atoms with E-state index in [1.165, 1.54) is 31.4 Å². The van der Waals surface area contributed by atoms with Crippen LogP contribution in [0.4, 0.5) is 0 Å². The number of hydrogen-bond donors (Lipinski definition) is 2. The molecule has 0 heterocycles. The van der Waals surface area contributed by atoms with Gasteiger partial charge in [0, 0.05) is 17.3 Å². The summed E-state index contributed by atoms with van der Waals surface area (Å²) >= 11 is 1.91. The third-order valence-corrected chi connectivity index (χ3v) is 4.48. The second kappa shape index (κ2) is 15.1. The zero-order valence-electron chi connectivity index (χ0n) is 15.4. The van der Waals surface area contributed by atoms with Crippen LogP contribution in [0.2, 0.25) is 0 Å². The molecule has 24 heavy (non-hydrogen) atoms. The van der Waals surface area contributed by atoms with E-state index in [-0.39, 0.29) is 11.8 Å². The van der Waals surface area contributed by atoms with E-state index >= 15 is 0 Å². The number of amides is 1. The normalized spacial score (nSPS) is 13.4. The van der Waals surface area contributed by atoms with E-state index < -0.39 is 0 Å². The van der Waals surface area contributed by atoms with Crippen LogP contribution in [0.1, 0.15) is 51.9 Å². The number of carbonyl (C=O) groups excluding carboxylic acids is 1. The van der Waals surface area contributed by atoms with Crippen molar-refractivity contribution in [3.05, 3.63) is 48.9 Å². The molecule has 0 aromatic carbocycles. The second-order valence-electron chi connectivity index (χ2n) is 5.97. The van der Waals surface area contributed by atoms with Crippen molar-refractivity contribution in [3.8, 4) is 0 Å². The summed E-state index contributed by atoms with van der Waals surface area (Å²) in [6, 6.07) is 0. The molecule has 3 nitrogen and oxygen atoms in total. The predicted molar refractivity (Wildman–Crippen MR) is 109 cm³/mol. The summed E-state index contributed by atoms with van der Waals surface area (Å²) in [5.74, 6) is 1.15. The van der Waals surface area contributed by atoms with Crippen LogP contribution in [0.3, 0.4) is 0 Å². The molecule has 0 aromatic heterocycles. The molecule has 0 aliphatic heterocycles. The molecule has 0 aliphatic rings. The Bertz CT molecular complexity index is 441. The van der Waals surface area contributed by atoms with E-state index in [0.717, 1.165) is 18.5 Å². The zero-order valence-corrected chi connectivity index (χ0v) is 16.2. The molecule has 1 amide bonds. The van der Waals surface area contributed by atoms with Crippen LogP contribution in [-0.2, 0) is 4.79 Å². The SMILES string of the molecule is C=C/C=C(\CCCCCCCSC)NC(=O)C(C)C/C=C(/N)C=C. The highest BCUT2D eigenvalue weighted by Crippen LogP contribution is 2.12. The van der Waals surface area contributed by atoms with Crippen molar-refractivity contribution in [3.63, 3.8) is 0 Å². The molecule has 0 spiro atoms. The molecule has 0 aliphatic carbocycles. The van der Waals surface area contributed by atoms with Crippen molar-refractivity contribution in [2.24, 2.45) is 11.7 Å². The lowest BCUT2D eigenvalue weighted by Gasteiger charge is -2.13. The van der Waals surface area contributed by atoms with Crippen molar-refractivity contribution in [1.29, 1.82) is 0 Å². The van der Waals surface area contributed by atoms with Crippen LogP contribution in [-0.4, -0.2) is 17.9 Å². The minimum atomic E-state index is -0.122. The lowest BCUT2D eigenvalue weighted by Crippen LogP contribution is -2.28. The van der Waals surface area contributed by atoms with Crippen molar-refractivity contribution in [1.82, 2.24) is 5.32 Å². The average Bonchev–Trinajstić information content (AvgIpc) is 2.58. The molecule has 0 fully saturated rings. The standard InChI is InChI=1S/C20H34N2OS/c1-5-12-19(13-10-8-7-9-11-16-24-4)22-20(23)17(3)14-15-18(21)6-2/h5-6,12,15,17H,1-2,7-11,13-14,16,21H2,3-4H3,(H,22,23)/b18-15+,19-12+. The second-order valence-corrected chi connectivity index (χ2v) is 6.96. The first-order valence-electron chi connectivity index (χ1n) is 8.74. The fourth-order valence-electron chi connectivity index (χ4n) is 2.21. The first-order valence-corrected chi connectivity index (χ1v) is 10.1. The van der Waals surface area contributed by atoms with E-state index in [4.69, 9.17) is 5.73 Å². The van der Waals surface area contributed by atoms with E-state index in [1.54, 1.807) is 12.2 Å². The monoisotopic (exact) mass is 350 g/mol. The third-order valence-electron chi connectivity index (χ3n) is 3.79. The maximum Gasteiger partial charge on any atom is 0.227 e. The zero-order chi connectivity index (χ0) is 18.2. The summed E-state index contributed by atoms with van der Waals surface area (Å²) in [6.45, 7) is 9.24. The van der Waals surface area contributed by atoms with E-state index in [0.29, 0.717) is 12.1 Å². The minimum Gasteiger partial charge on any atom is -0.399 e. The molecule has 0 rings (SSSR count). The number of rotatable bonds is 14. The van der Waals surface area contributed by atoms with Crippen LogP contribution in [0.25, 0.3) is 0 Å². The van der Waals surface area contributed by atoms with E-state index in [2.05, 4.69) is 24.7 Å². The maximum absolute atomic E-state index is 12.3. The smallest absolute Gasteiger partial charge is 0.227 e. The van der Waals surface area contributed by atoms with Gasteiger partial charge in [-0.15, -0.1) is 0 Å². The summed E-state index contributed by atoms with van der Waals surface area (Å²) in [7, 11) is 0. The number of nitrogens with two attached hydrogens (primary N) is 1. The van der Waals surface area contributed by atoms with E-state index in [9.17, 15) is 4.79 Å². The number of unbranched alkanes of at least 4 members (excludes halogenated alkanes) is 4. The quantitative estimate of drug-likeness (QED) is 0.345. The van der Waals surface area contributed by atoms with Gasteiger partial charge in [0.1, 0.15) is 0 Å². The summed E-state index contributed by atoms with van der Waals surface area (Å²) in [5, 5.41) is 3.02. The highest BCUT2D eigenvalue weighted by Gasteiger charge is 2.12. The van der Waals surface area contributed by atoms with Crippen LogP contribution in [0.5, 0.6) is 0 Å². The molecule has 136 valence electrons. The fourth-order valence-corrected chi connectivity index (χ4v) is 2.70. The number of nitrogens with one attached hydrogen (secondary N) is 1. The number of carbonyl (C=O) groups is 1. The number of allylic oxidation sites excluding steroid dienone is 5. The lowest BCUT2D eigenvalue weighted by atomic mass is 10.0. The van der Waals surface area contributed by atoms with Crippen LogP contribution >= 0.6 is 11.8 Å². The molecule has 1 unspecified atom stereocenters. The van der Waals surface area contributed by atoms with Gasteiger partial charge in [-0.1, -0.05) is 51.5 Å². The molecule has 0 aromatic rings. The van der Waals surface area contributed by atoms with Crippen molar-refractivity contribution >= 4 is 17.7 Å². The highest BCUT2D eigenvalue weighted by molar-refractivity contribution is 7.98. The summed E-state index contributed by atoms with van der Waals surface area (Å²) in [6.07, 6.45) is 16.8. The molecule has 0 saturated heterocycles. The predicted octanol–water partition coefficient (Wildman–Crippen LogP) is 4.93. The van der Waals surface area contributed by atoms with Crippen molar-refractivity contribution < 1.29 is 4.79 Å². The fraction of sp³-hybridized carbons (Fsp3) is 0.550. The Morgan fingerprint density at radius 1 is 1.21 bits per heavy atom. The van der Waals surface area contributed by atoms with Gasteiger partial charge >= 0.3 is 0 Å². The molecule has 3 N–H and O–H groups in total. The Kier molecular flexibility index (Phi) is 14.2. The highest BCUT2D eigenvalue weighted by atomic mass is 32.2. The molecule has 0 radical (unpaired) electrons. The van der Waals surface area contributed by atoms with Crippen molar-refractivity contribution in [2.75, 3.05) is 12.0 Å². The largest absolute Gasteiger partial charge is 0.399 e. The topological polar surface area (TPSA) is 55.1 Å². The summed E-state index contributed by atoms with van der Waals surface area (Å²) in [5.41, 5.74) is 7.24. The molecular weight excluding hydrogens is 316 g/mol. The van der Waals surface area contributed by atoms with Crippen LogP contribution in [0, 0.1) is 5.92 Å². The van der Waals surface area contributed by atoms with Gasteiger partial charge in [0.05, 0.1) is 0 Å². The molecule has 4 heteroatoms. The summed E-state index contributed by atoms with van der Waals surface area (Å²) in [4.78, 5) is 12.3. The van der Waals surface area contributed by atoms with Gasteiger partial charge in [-0.25, -0.2) is 0 Å². The number of thioether (sulfide) groups is 1. The van der Waals surface area contributed by atoms with Gasteiger partial charge in [0.25, 0.3) is 0 Å². The van der Waals surface area contributed by atoms with Crippen LogP contribution in [0.15, 0.2) is 48.9 Å². The Morgan fingerprint density at radius 3 is 2.50 bits per heavy atom. The Hall–Kier alpha value is -1.42. The van der Waals surface area contributed by atoms with Gasteiger partial charge in [-0.05, 0) is 49.8 Å². The third kappa shape index (κ3) is 12.1. The molecule has 0 saturated carbocycles. The van der Waals surface area contributed by atoms with Gasteiger partial charge in [-0.3, -0.25) is 4.79 Å².